The van der Waals surface area contributed by atoms with Gasteiger partial charge < -0.3 is 14.7 Å². The van der Waals surface area contributed by atoms with E-state index in [-0.39, 0.29) is 18.2 Å². The normalized spacial score (nSPS) is 23.3. The monoisotopic (exact) mass is 272 g/mol. The zero-order chi connectivity index (χ0) is 14.6. The van der Waals surface area contributed by atoms with E-state index in [1.807, 2.05) is 34.6 Å². The van der Waals surface area contributed by atoms with Crippen molar-refractivity contribution in [3.8, 4) is 0 Å². The maximum Gasteiger partial charge on any atom is 0.410 e. The quantitative estimate of drug-likeness (QED) is 0.849. The van der Waals surface area contributed by atoms with Crippen LogP contribution in [0.25, 0.3) is 0 Å². The first-order chi connectivity index (χ1) is 8.73. The standard InChI is InChI=1S/C14H28N2O3/c1-6-12(17)10-15-7-8-16(11(2)9-15)13(18)19-14(3,4)5/h11-12,17H,6-10H2,1-5H3/t11-,12-/m1/s1. The van der Waals surface area contributed by atoms with Crippen LogP contribution in [0, 0.1) is 0 Å². The lowest BCUT2D eigenvalue weighted by molar-refractivity contribution is -0.00420. The maximum atomic E-state index is 12.0. The summed E-state index contributed by atoms with van der Waals surface area (Å²) in [7, 11) is 0. The van der Waals surface area contributed by atoms with Gasteiger partial charge in [-0.1, -0.05) is 6.92 Å². The van der Waals surface area contributed by atoms with Crippen LogP contribution in [0.5, 0.6) is 0 Å². The summed E-state index contributed by atoms with van der Waals surface area (Å²) in [5.41, 5.74) is -0.452. The number of piperazine rings is 1. The van der Waals surface area contributed by atoms with Gasteiger partial charge in [-0.25, -0.2) is 4.79 Å². The SMILES string of the molecule is CC[C@@H](O)CN1CCN(C(=O)OC(C)(C)C)[C@H](C)C1. The molecule has 1 saturated heterocycles. The smallest absolute Gasteiger partial charge is 0.410 e. The lowest BCUT2D eigenvalue weighted by atomic mass is 10.1. The molecule has 0 unspecified atom stereocenters. The summed E-state index contributed by atoms with van der Waals surface area (Å²) in [6, 6.07) is 0.118. The highest BCUT2D eigenvalue weighted by molar-refractivity contribution is 5.68. The molecule has 1 heterocycles. The number of carbonyl (C=O) groups excluding carboxylic acids is 1. The number of aliphatic hydroxyl groups is 1. The van der Waals surface area contributed by atoms with Gasteiger partial charge in [0.15, 0.2) is 0 Å². The number of β-amino-alcohol motifs (C(OH)–C–C–N with tert-alkyl or cyclic N) is 1. The molecule has 0 aromatic heterocycles. The van der Waals surface area contributed by atoms with Crippen LogP contribution < -0.4 is 0 Å². The average Bonchev–Trinajstić information content (AvgIpc) is 2.26. The number of hydrogen-bond donors (Lipinski definition) is 1. The Labute approximate surface area is 116 Å². The molecule has 0 bridgehead atoms. The van der Waals surface area contributed by atoms with Crippen molar-refractivity contribution in [2.75, 3.05) is 26.2 Å². The molecule has 1 aliphatic heterocycles. The first-order valence-corrected chi connectivity index (χ1v) is 7.13. The van der Waals surface area contributed by atoms with Gasteiger partial charge in [0.25, 0.3) is 0 Å². The second kappa shape index (κ2) is 6.57. The van der Waals surface area contributed by atoms with Crippen molar-refractivity contribution >= 4 is 6.09 Å². The summed E-state index contributed by atoms with van der Waals surface area (Å²) in [6.07, 6.45) is 0.247. The molecule has 19 heavy (non-hydrogen) atoms. The summed E-state index contributed by atoms with van der Waals surface area (Å²) in [4.78, 5) is 16.0. The van der Waals surface area contributed by atoms with Crippen LogP contribution in [0.2, 0.25) is 0 Å². The Morgan fingerprint density at radius 3 is 2.53 bits per heavy atom. The van der Waals surface area contributed by atoms with E-state index in [0.29, 0.717) is 13.1 Å². The number of aliphatic hydroxyl groups excluding tert-OH is 1. The van der Waals surface area contributed by atoms with Gasteiger partial charge in [-0.05, 0) is 34.1 Å². The second-order valence-electron chi connectivity index (χ2n) is 6.34. The summed E-state index contributed by atoms with van der Waals surface area (Å²) < 4.78 is 5.40. The van der Waals surface area contributed by atoms with Crippen molar-refractivity contribution in [1.82, 2.24) is 9.80 Å². The molecular weight excluding hydrogens is 244 g/mol. The third-order valence-corrected chi connectivity index (χ3v) is 3.28. The van der Waals surface area contributed by atoms with Gasteiger partial charge in [0.1, 0.15) is 5.60 Å². The molecule has 2 atom stereocenters. The van der Waals surface area contributed by atoms with Crippen LogP contribution in [0.3, 0.4) is 0 Å². The second-order valence-corrected chi connectivity index (χ2v) is 6.34. The fraction of sp³-hybridized carbons (Fsp3) is 0.929. The average molecular weight is 272 g/mol. The minimum atomic E-state index is -0.452. The van der Waals surface area contributed by atoms with E-state index in [1.165, 1.54) is 0 Å². The Morgan fingerprint density at radius 2 is 2.05 bits per heavy atom. The predicted molar refractivity (Wildman–Crippen MR) is 75.1 cm³/mol. The molecule has 0 radical (unpaired) electrons. The van der Waals surface area contributed by atoms with E-state index in [1.54, 1.807) is 4.90 Å². The van der Waals surface area contributed by atoms with Gasteiger partial charge in [-0.3, -0.25) is 4.90 Å². The summed E-state index contributed by atoms with van der Waals surface area (Å²) >= 11 is 0. The molecule has 0 aromatic carbocycles. The summed E-state index contributed by atoms with van der Waals surface area (Å²) in [5, 5.41) is 9.68. The molecule has 0 spiro atoms. The fourth-order valence-electron chi connectivity index (χ4n) is 2.22. The fourth-order valence-corrected chi connectivity index (χ4v) is 2.22. The molecule has 1 N–H and O–H groups in total. The number of ether oxygens (including phenoxy) is 1. The van der Waals surface area contributed by atoms with E-state index in [9.17, 15) is 9.90 Å². The largest absolute Gasteiger partial charge is 0.444 e. The lowest BCUT2D eigenvalue weighted by Crippen LogP contribution is -2.56. The van der Waals surface area contributed by atoms with E-state index in [4.69, 9.17) is 4.74 Å². The van der Waals surface area contributed by atoms with Crippen LogP contribution in [0.15, 0.2) is 0 Å². The molecule has 0 aliphatic carbocycles. The lowest BCUT2D eigenvalue weighted by Gasteiger charge is -2.40. The maximum absolute atomic E-state index is 12.0. The Bertz CT molecular complexity index is 302. The first-order valence-electron chi connectivity index (χ1n) is 7.13. The topological polar surface area (TPSA) is 53.0 Å². The van der Waals surface area contributed by atoms with Crippen LogP contribution in [-0.2, 0) is 4.74 Å². The van der Waals surface area contributed by atoms with Crippen molar-refractivity contribution in [3.05, 3.63) is 0 Å². The third-order valence-electron chi connectivity index (χ3n) is 3.28. The Hall–Kier alpha value is -0.810. The first kappa shape index (κ1) is 16.2. The van der Waals surface area contributed by atoms with Crippen LogP contribution >= 0.6 is 0 Å². The Balaban J connectivity index is 2.48. The third kappa shape index (κ3) is 5.37. The molecule has 1 aliphatic rings. The van der Waals surface area contributed by atoms with Crippen molar-refractivity contribution in [2.45, 2.75) is 58.8 Å². The zero-order valence-corrected chi connectivity index (χ0v) is 12.8. The van der Waals surface area contributed by atoms with E-state index < -0.39 is 5.60 Å². The minimum absolute atomic E-state index is 0.118. The molecule has 0 saturated carbocycles. The minimum Gasteiger partial charge on any atom is -0.444 e. The highest BCUT2D eigenvalue weighted by atomic mass is 16.6. The summed E-state index contributed by atoms with van der Waals surface area (Å²) in [6.45, 7) is 12.6. The number of nitrogens with zero attached hydrogens (tertiary/aromatic N) is 2. The molecule has 1 amide bonds. The molecule has 0 aromatic rings. The van der Waals surface area contributed by atoms with Gasteiger partial charge in [-0.15, -0.1) is 0 Å². The Morgan fingerprint density at radius 1 is 1.42 bits per heavy atom. The summed E-state index contributed by atoms with van der Waals surface area (Å²) in [5.74, 6) is 0. The van der Waals surface area contributed by atoms with Gasteiger partial charge in [-0.2, -0.15) is 0 Å². The van der Waals surface area contributed by atoms with Gasteiger partial charge >= 0.3 is 6.09 Å². The van der Waals surface area contributed by atoms with Crippen molar-refractivity contribution in [3.63, 3.8) is 0 Å². The van der Waals surface area contributed by atoms with Crippen molar-refractivity contribution in [2.24, 2.45) is 0 Å². The number of hydrogen-bond acceptors (Lipinski definition) is 4. The molecule has 5 heteroatoms. The Kier molecular flexibility index (Phi) is 5.62. The number of carbonyl (C=O) groups is 1. The van der Waals surface area contributed by atoms with Crippen LogP contribution in [0.4, 0.5) is 4.79 Å². The van der Waals surface area contributed by atoms with Crippen molar-refractivity contribution < 1.29 is 14.6 Å². The van der Waals surface area contributed by atoms with E-state index in [2.05, 4.69) is 4.90 Å². The highest BCUT2D eigenvalue weighted by Gasteiger charge is 2.31. The molecule has 1 rings (SSSR count). The van der Waals surface area contributed by atoms with Crippen LogP contribution in [-0.4, -0.2) is 64.9 Å². The number of amides is 1. The van der Waals surface area contributed by atoms with Crippen molar-refractivity contribution in [1.29, 1.82) is 0 Å². The van der Waals surface area contributed by atoms with E-state index >= 15 is 0 Å². The van der Waals surface area contributed by atoms with E-state index in [0.717, 1.165) is 19.5 Å². The number of rotatable bonds is 3. The molecule has 5 nitrogen and oxygen atoms in total. The van der Waals surface area contributed by atoms with Gasteiger partial charge in [0, 0.05) is 32.2 Å². The highest BCUT2D eigenvalue weighted by Crippen LogP contribution is 2.16. The van der Waals surface area contributed by atoms with Gasteiger partial charge in [0.05, 0.1) is 6.10 Å². The molecule has 1 fully saturated rings. The molecular formula is C14H28N2O3. The van der Waals surface area contributed by atoms with Gasteiger partial charge in [0.2, 0.25) is 0 Å². The molecule has 112 valence electrons. The predicted octanol–water partition coefficient (Wildman–Crippen LogP) is 1.70. The zero-order valence-electron chi connectivity index (χ0n) is 12.8. The van der Waals surface area contributed by atoms with Crippen LogP contribution in [0.1, 0.15) is 41.0 Å².